The number of carboxylic acids is 1. The number of rotatable bonds is 37. The van der Waals surface area contributed by atoms with Gasteiger partial charge in [0, 0.05) is 66.8 Å². The van der Waals surface area contributed by atoms with Gasteiger partial charge in [-0.25, -0.2) is 4.79 Å². The molecule has 8 N–H and O–H groups in total. The van der Waals surface area contributed by atoms with Crippen molar-refractivity contribution in [1.29, 1.82) is 0 Å². The summed E-state index contributed by atoms with van der Waals surface area (Å²) in [6.45, 7) is 28.9. The Hall–Kier alpha value is -2.98. The third-order valence-electron chi connectivity index (χ3n) is 17.2. The van der Waals surface area contributed by atoms with E-state index in [0.29, 0.717) is 26.2 Å². The normalized spacial score (nSPS) is 18.3. The summed E-state index contributed by atoms with van der Waals surface area (Å²) in [6.07, 6.45) is 34.0. The van der Waals surface area contributed by atoms with E-state index in [2.05, 4.69) is 54.3 Å². The zero-order chi connectivity index (χ0) is 71.6. The summed E-state index contributed by atoms with van der Waals surface area (Å²) in [4.78, 5) is 75.9. The number of unbranched alkanes of at least 4 members (excludes halogenated alkanes) is 13. The van der Waals surface area contributed by atoms with Crippen LogP contribution >= 0.6 is 32.0 Å². The number of ether oxygens (including phenoxy) is 1. The molecular formula is C73H135Cl2MnN11O8S-4. The molecule has 2 fully saturated rings. The maximum atomic E-state index is 12.9. The van der Waals surface area contributed by atoms with Crippen molar-refractivity contribution in [1.82, 2.24) is 31.6 Å². The van der Waals surface area contributed by atoms with Crippen molar-refractivity contribution in [2.24, 2.45) is 29.4 Å². The molecule has 561 valence electrons. The molecule has 2 heterocycles. The Morgan fingerprint density at radius 2 is 0.854 bits per heavy atom. The van der Waals surface area contributed by atoms with E-state index in [9.17, 15) is 28.8 Å². The van der Waals surface area contributed by atoms with Gasteiger partial charge in [0.05, 0.1) is 5.92 Å². The molecule has 19 nitrogen and oxygen atoms in total. The van der Waals surface area contributed by atoms with E-state index in [1.165, 1.54) is 50.3 Å². The van der Waals surface area contributed by atoms with Gasteiger partial charge in [0.25, 0.3) is 5.24 Å². The molecule has 8 atom stereocenters. The summed E-state index contributed by atoms with van der Waals surface area (Å²) in [5.41, 5.74) is 6.78. The van der Waals surface area contributed by atoms with E-state index in [-0.39, 0.29) is 90.0 Å². The number of aromatic nitrogens is 1. The predicted molar refractivity (Wildman–Crippen MR) is 398 cm³/mol. The first-order chi connectivity index (χ1) is 46.1. The second-order valence-corrected chi connectivity index (χ2v) is 30.3. The molecule has 1 aromatic heterocycles. The Labute approximate surface area is 602 Å². The third kappa shape index (κ3) is 52.1. The van der Waals surface area contributed by atoms with Gasteiger partial charge in [0.15, 0.2) is 0 Å². The Morgan fingerprint density at radius 3 is 1.19 bits per heavy atom. The maximum absolute atomic E-state index is 12.9. The quantitative estimate of drug-likeness (QED) is 0.0187. The molecule has 0 radical (unpaired) electrons. The summed E-state index contributed by atoms with van der Waals surface area (Å²) < 4.78 is 5.16. The fourth-order valence-electron chi connectivity index (χ4n) is 11.1. The molecule has 1 aromatic rings. The summed E-state index contributed by atoms with van der Waals surface area (Å²) in [5.74, 6) is 0.103. The average molecular weight is 1450 g/mol. The number of nitrogens with zero attached hydrogens (tertiary/aromatic N) is 5. The van der Waals surface area contributed by atoms with Crippen molar-refractivity contribution in [3.8, 4) is 0 Å². The SMILES string of the molecule is CCCCC(C)C(=O)NCCCCCCN.CCCCC(C)C(=O)NCCCCCCNC(=O)OC(C)(C)C.CCCCC(C)C(=O)NCCCCCCNC(=O)Sc1cc2nc(c1)C[N-][C@@H]1CCCC[C@H]1[N-]CC[N-][C@@H]1CCCC[C@H]1[N-]C2.CCCCC(C)C(=O)O.[Cl][Mn][Cl]. The van der Waals surface area contributed by atoms with E-state index in [1.54, 1.807) is 6.92 Å². The van der Waals surface area contributed by atoms with Gasteiger partial charge >= 0.3 is 45.4 Å². The monoisotopic (exact) mass is 1450 g/mol. The number of alkyl carbamates (subject to hydrolysis) is 1. The van der Waals surface area contributed by atoms with Crippen molar-refractivity contribution in [2.75, 3.05) is 52.4 Å². The Balaban J connectivity index is 0.00000147. The van der Waals surface area contributed by atoms with E-state index in [4.69, 9.17) is 62.0 Å². The van der Waals surface area contributed by atoms with Gasteiger partial charge in [0.2, 0.25) is 17.7 Å². The number of carboxylic acid groups (broad SMARTS) is 1. The van der Waals surface area contributed by atoms with Crippen LogP contribution in [-0.4, -0.2) is 127 Å². The van der Waals surface area contributed by atoms with Gasteiger partial charge < -0.3 is 63.4 Å². The number of nitrogens with two attached hydrogens (primary N) is 1. The molecule has 3 aliphatic rings. The first-order valence-electron chi connectivity index (χ1n) is 37.3. The number of hydrogen-bond donors (Lipinski definition) is 7. The molecule has 2 saturated carbocycles. The van der Waals surface area contributed by atoms with Gasteiger partial charge in [-0.2, -0.15) is 37.3 Å². The third-order valence-corrected chi connectivity index (χ3v) is 18.0. The van der Waals surface area contributed by atoms with Crippen LogP contribution in [-0.2, 0) is 50.1 Å². The standard InChI is InChI=1S/C35H57N7O2S.C18H36N2O3.C13H28N2O.C7H14O2.2ClH.Mn/c1-3-4-13-26(2)34(43)38-18-11-5-6-12-19-39-35(44)45-29-22-27-24-40-32-16-9-7-14-30(32)36-20-21-37-31-15-8-10-17-33(31)41-25-28(23-29)42-27;1-6-7-12-15(2)16(21)19-13-10-8-9-11-14-20-17(22)23-18(3,4)5;1-3-4-9-12(2)13(16)15-11-8-6-5-7-10-14;1-3-4-5-6(2)7(8)9;;;/h22-23,26,30-33H,3-21,24-25H2,1-2H3,(H,38,43)(H,39,44);15H,6-14H2,1-5H3,(H,19,21)(H,20,22);12H,3-11,14H2,1-2H3,(H,15,16);6H,3-5H2,1-2H3,(H,8,9);2*1H;/q-4;;;;;;+2/p-2/t26?,30-,31-,32-,33-;;;;;;/m1....../s1. The van der Waals surface area contributed by atoms with Gasteiger partial charge in [0.1, 0.15) is 5.60 Å². The number of carbonyl (C=O) groups is 6. The molecule has 4 unspecified atom stereocenters. The molecule has 1 aliphatic heterocycles. The molecule has 0 saturated heterocycles. The predicted octanol–water partition coefficient (Wildman–Crippen LogP) is 18.3. The summed E-state index contributed by atoms with van der Waals surface area (Å²) >= 11 is 1.25. The number of fused-ring (bicyclic) bond motifs is 4. The van der Waals surface area contributed by atoms with Crippen molar-refractivity contribution >= 4 is 67.0 Å². The Kier molecular flexibility index (Phi) is 59.9. The van der Waals surface area contributed by atoms with Crippen molar-refractivity contribution in [3.63, 3.8) is 0 Å². The number of aliphatic carboxylic acids is 1. The van der Waals surface area contributed by atoms with Crippen LogP contribution in [0.4, 0.5) is 9.59 Å². The van der Waals surface area contributed by atoms with Crippen LogP contribution in [0, 0.1) is 23.7 Å². The molecule has 0 spiro atoms. The second kappa shape index (κ2) is 61.9. The zero-order valence-corrected chi connectivity index (χ0v) is 65.1. The van der Waals surface area contributed by atoms with Crippen LogP contribution in [0.25, 0.3) is 21.3 Å². The molecule has 5 amide bonds. The van der Waals surface area contributed by atoms with Crippen molar-refractivity contribution in [2.45, 2.75) is 329 Å². The average Bonchev–Trinajstić information content (AvgIpc) is 1.23. The number of thioether (sulfide) groups is 1. The van der Waals surface area contributed by atoms with Gasteiger partial charge in [-0.15, -0.1) is 13.1 Å². The number of hydrogen-bond acceptors (Lipinski definition) is 10. The molecule has 2 bridgehead atoms. The molecular weight excluding hydrogens is 1320 g/mol. The summed E-state index contributed by atoms with van der Waals surface area (Å²) in [5, 5.41) is 43.5. The van der Waals surface area contributed by atoms with E-state index >= 15 is 0 Å². The van der Waals surface area contributed by atoms with Crippen LogP contribution in [0.1, 0.15) is 293 Å². The van der Waals surface area contributed by atoms with Gasteiger partial charge in [-0.1, -0.05) is 197 Å². The fourth-order valence-corrected chi connectivity index (χ4v) is 11.9. The molecule has 23 heteroatoms. The topological polar surface area (TPSA) is 287 Å². The zero-order valence-electron chi connectivity index (χ0n) is 61.6. The van der Waals surface area contributed by atoms with E-state index in [0.717, 1.165) is 222 Å². The minimum absolute atomic E-state index is 0.00694. The number of amides is 5. The number of nitrogens with one attached hydrogen (secondary N) is 5. The Morgan fingerprint density at radius 1 is 0.531 bits per heavy atom. The van der Waals surface area contributed by atoms with E-state index < -0.39 is 11.6 Å². The Bertz CT molecular complexity index is 2090. The van der Waals surface area contributed by atoms with Gasteiger partial charge in [-0.3, -0.25) is 29.0 Å². The first-order valence-corrected chi connectivity index (χ1v) is 41.4. The molecule has 4 rings (SSSR count). The number of carbonyl (C=O) groups excluding carboxylic acids is 5. The van der Waals surface area contributed by atoms with Crippen molar-refractivity contribution < 1.29 is 51.7 Å². The van der Waals surface area contributed by atoms with Crippen LogP contribution in [0.5, 0.6) is 0 Å². The molecule has 0 aromatic carbocycles. The van der Waals surface area contributed by atoms with Crippen LogP contribution in [0.2, 0.25) is 0 Å². The number of halogens is 2. The molecule has 96 heavy (non-hydrogen) atoms. The van der Waals surface area contributed by atoms with Crippen LogP contribution in [0.3, 0.4) is 0 Å². The van der Waals surface area contributed by atoms with Crippen LogP contribution in [0.15, 0.2) is 17.0 Å². The summed E-state index contributed by atoms with van der Waals surface area (Å²) in [7, 11) is 9.59. The number of pyridine rings is 1. The minimum atomic E-state index is -0.677. The van der Waals surface area contributed by atoms with E-state index in [1.807, 2.05) is 53.7 Å². The fraction of sp³-hybridized carbons (Fsp3) is 0.849. The summed E-state index contributed by atoms with van der Waals surface area (Å²) in [6, 6.07) is 5.11. The molecule has 2 aliphatic carbocycles. The second-order valence-electron chi connectivity index (χ2n) is 27.3. The van der Waals surface area contributed by atoms with Gasteiger partial charge in [-0.05, 0) is 115 Å². The van der Waals surface area contributed by atoms with Crippen LogP contribution < -0.4 is 32.3 Å². The van der Waals surface area contributed by atoms with Crippen molar-refractivity contribution in [3.05, 3.63) is 44.8 Å². The first kappa shape index (κ1) is 93.0.